The SMILES string of the molecule is C#CCNC(=O)C1(C)COC(C)(C)N1C(=O)OC(C)(C)C. The lowest BCUT2D eigenvalue weighted by Gasteiger charge is -2.39. The first-order chi connectivity index (χ1) is 9.44. The van der Waals surface area contributed by atoms with Crippen molar-refractivity contribution in [2.75, 3.05) is 13.2 Å². The van der Waals surface area contributed by atoms with Crippen molar-refractivity contribution in [1.82, 2.24) is 10.2 Å². The van der Waals surface area contributed by atoms with Crippen LogP contribution >= 0.6 is 0 Å². The van der Waals surface area contributed by atoms with Gasteiger partial charge in [-0.25, -0.2) is 4.79 Å². The van der Waals surface area contributed by atoms with Crippen molar-refractivity contribution >= 4 is 12.0 Å². The van der Waals surface area contributed by atoms with E-state index < -0.39 is 23.0 Å². The van der Waals surface area contributed by atoms with Crippen LogP contribution in [0.25, 0.3) is 0 Å². The van der Waals surface area contributed by atoms with Gasteiger partial charge in [0.15, 0.2) is 0 Å². The Hall–Kier alpha value is -1.74. The van der Waals surface area contributed by atoms with Gasteiger partial charge < -0.3 is 14.8 Å². The molecule has 2 amide bonds. The number of ether oxygens (including phenoxy) is 2. The van der Waals surface area contributed by atoms with Crippen LogP contribution in [-0.2, 0) is 14.3 Å². The number of carbonyl (C=O) groups is 2. The smallest absolute Gasteiger partial charge is 0.413 e. The van der Waals surface area contributed by atoms with E-state index in [2.05, 4.69) is 11.2 Å². The lowest BCUT2D eigenvalue weighted by molar-refractivity contribution is -0.132. The van der Waals surface area contributed by atoms with Crippen molar-refractivity contribution in [3.8, 4) is 12.3 Å². The third kappa shape index (κ3) is 3.67. The number of amides is 2. The van der Waals surface area contributed by atoms with Crippen LogP contribution in [-0.4, -0.2) is 46.9 Å². The molecule has 0 bridgehead atoms. The van der Waals surface area contributed by atoms with Crippen molar-refractivity contribution in [3.05, 3.63) is 0 Å². The standard InChI is InChI=1S/C15H24N2O4/c1-8-9-16-11(18)15(7)10-20-14(5,6)17(15)12(19)21-13(2,3)4/h1H,9-10H2,2-7H3,(H,16,18). The Balaban J connectivity index is 3.06. The van der Waals surface area contributed by atoms with Crippen LogP contribution in [0.2, 0.25) is 0 Å². The number of terminal acetylenes is 1. The highest BCUT2D eigenvalue weighted by Crippen LogP contribution is 2.36. The van der Waals surface area contributed by atoms with E-state index in [0.717, 1.165) is 0 Å². The zero-order chi connectivity index (χ0) is 16.5. The molecule has 1 rings (SSSR count). The first-order valence-corrected chi connectivity index (χ1v) is 6.83. The van der Waals surface area contributed by atoms with E-state index >= 15 is 0 Å². The van der Waals surface area contributed by atoms with Gasteiger partial charge in [-0.1, -0.05) is 5.92 Å². The van der Waals surface area contributed by atoms with E-state index in [1.807, 2.05) is 0 Å². The number of hydrogen-bond acceptors (Lipinski definition) is 4. The van der Waals surface area contributed by atoms with E-state index in [0.29, 0.717) is 0 Å². The second-order valence-electron chi connectivity index (χ2n) is 6.71. The molecule has 0 aromatic carbocycles. The molecule has 0 aliphatic carbocycles. The minimum absolute atomic E-state index is 0.0790. The lowest BCUT2D eigenvalue weighted by atomic mass is 10.00. The molecule has 1 aliphatic heterocycles. The molecule has 1 saturated heterocycles. The summed E-state index contributed by atoms with van der Waals surface area (Å²) in [5.74, 6) is 1.97. The maximum absolute atomic E-state index is 12.5. The molecule has 1 aliphatic rings. The van der Waals surface area contributed by atoms with Crippen molar-refractivity contribution in [1.29, 1.82) is 0 Å². The number of rotatable bonds is 2. The lowest BCUT2D eigenvalue weighted by Crippen LogP contribution is -2.62. The van der Waals surface area contributed by atoms with E-state index in [9.17, 15) is 9.59 Å². The Morgan fingerprint density at radius 1 is 1.38 bits per heavy atom. The molecule has 0 saturated carbocycles. The number of nitrogens with zero attached hydrogens (tertiary/aromatic N) is 1. The maximum Gasteiger partial charge on any atom is 0.413 e. The molecule has 6 nitrogen and oxygen atoms in total. The summed E-state index contributed by atoms with van der Waals surface area (Å²) in [7, 11) is 0. The van der Waals surface area contributed by atoms with Crippen LogP contribution in [0.1, 0.15) is 41.5 Å². The third-order valence-electron chi connectivity index (χ3n) is 3.15. The molecule has 1 fully saturated rings. The molecule has 1 unspecified atom stereocenters. The van der Waals surface area contributed by atoms with Crippen molar-refractivity contribution in [2.45, 2.75) is 58.4 Å². The normalized spacial score (nSPS) is 24.3. The van der Waals surface area contributed by atoms with Crippen LogP contribution in [0, 0.1) is 12.3 Å². The minimum Gasteiger partial charge on any atom is -0.444 e. The molecule has 6 heteroatoms. The molecule has 118 valence electrons. The number of carbonyl (C=O) groups excluding carboxylic acids is 2. The van der Waals surface area contributed by atoms with Crippen LogP contribution in [0.15, 0.2) is 0 Å². The Bertz CT molecular complexity index is 473. The van der Waals surface area contributed by atoms with Crippen molar-refractivity contribution < 1.29 is 19.1 Å². The average Bonchev–Trinajstić information content (AvgIpc) is 2.55. The molecule has 21 heavy (non-hydrogen) atoms. The Morgan fingerprint density at radius 2 is 1.95 bits per heavy atom. The highest BCUT2D eigenvalue weighted by molar-refractivity contribution is 5.90. The summed E-state index contributed by atoms with van der Waals surface area (Å²) in [5, 5.41) is 2.60. The maximum atomic E-state index is 12.5. The van der Waals surface area contributed by atoms with E-state index in [-0.39, 0.29) is 19.1 Å². The van der Waals surface area contributed by atoms with E-state index in [4.69, 9.17) is 15.9 Å². The van der Waals surface area contributed by atoms with Gasteiger partial charge in [-0.2, -0.15) is 0 Å². The fourth-order valence-corrected chi connectivity index (χ4v) is 2.26. The minimum atomic E-state index is -1.16. The van der Waals surface area contributed by atoms with Gasteiger partial charge in [0.25, 0.3) is 0 Å². The number of nitrogens with one attached hydrogen (secondary N) is 1. The van der Waals surface area contributed by atoms with Crippen molar-refractivity contribution in [2.24, 2.45) is 0 Å². The second kappa shape index (κ2) is 5.57. The van der Waals surface area contributed by atoms with Gasteiger partial charge in [0.1, 0.15) is 16.9 Å². The third-order valence-corrected chi connectivity index (χ3v) is 3.15. The van der Waals surface area contributed by atoms with Crippen LogP contribution in [0.4, 0.5) is 4.79 Å². The number of hydrogen-bond donors (Lipinski definition) is 1. The molecule has 0 radical (unpaired) electrons. The Kier molecular flexibility index (Phi) is 4.59. The van der Waals surface area contributed by atoms with Gasteiger partial charge in [-0.15, -0.1) is 6.42 Å². The molecule has 0 aromatic rings. The predicted molar refractivity (Wildman–Crippen MR) is 78.4 cm³/mol. The molecular weight excluding hydrogens is 272 g/mol. The quantitative estimate of drug-likeness (QED) is 0.784. The average molecular weight is 296 g/mol. The molecule has 1 atom stereocenters. The van der Waals surface area contributed by atoms with Gasteiger partial charge in [0.2, 0.25) is 5.91 Å². The highest BCUT2D eigenvalue weighted by Gasteiger charge is 2.56. The Labute approximate surface area is 126 Å². The molecule has 1 N–H and O–H groups in total. The zero-order valence-corrected chi connectivity index (χ0v) is 13.6. The topological polar surface area (TPSA) is 67.9 Å². The summed E-state index contributed by atoms with van der Waals surface area (Å²) in [4.78, 5) is 26.2. The molecule has 0 spiro atoms. The van der Waals surface area contributed by atoms with Gasteiger partial charge in [-0.05, 0) is 41.5 Å². The van der Waals surface area contributed by atoms with Gasteiger partial charge in [0.05, 0.1) is 13.2 Å². The summed E-state index contributed by atoms with van der Waals surface area (Å²) in [6, 6.07) is 0. The van der Waals surface area contributed by atoms with Crippen LogP contribution in [0.3, 0.4) is 0 Å². The van der Waals surface area contributed by atoms with Gasteiger partial charge >= 0.3 is 6.09 Å². The molecule has 1 heterocycles. The highest BCUT2D eigenvalue weighted by atomic mass is 16.6. The van der Waals surface area contributed by atoms with Gasteiger partial charge in [0, 0.05) is 0 Å². The van der Waals surface area contributed by atoms with E-state index in [1.165, 1.54) is 4.90 Å². The first kappa shape index (κ1) is 17.3. The van der Waals surface area contributed by atoms with Crippen LogP contribution in [0.5, 0.6) is 0 Å². The monoisotopic (exact) mass is 296 g/mol. The summed E-state index contributed by atoms with van der Waals surface area (Å²) in [5.41, 5.74) is -2.76. The molecule has 0 aromatic heterocycles. The molecular formula is C15H24N2O4. The second-order valence-corrected chi connectivity index (χ2v) is 6.71. The largest absolute Gasteiger partial charge is 0.444 e. The predicted octanol–water partition coefficient (Wildman–Crippen LogP) is 1.50. The summed E-state index contributed by atoms with van der Waals surface area (Å²) in [6.07, 6.45) is 4.55. The van der Waals surface area contributed by atoms with Crippen molar-refractivity contribution in [3.63, 3.8) is 0 Å². The van der Waals surface area contributed by atoms with E-state index in [1.54, 1.807) is 41.5 Å². The fourth-order valence-electron chi connectivity index (χ4n) is 2.26. The summed E-state index contributed by atoms with van der Waals surface area (Å²) < 4.78 is 11.0. The van der Waals surface area contributed by atoms with Gasteiger partial charge in [-0.3, -0.25) is 9.69 Å². The summed E-state index contributed by atoms with van der Waals surface area (Å²) >= 11 is 0. The van der Waals surface area contributed by atoms with Crippen LogP contribution < -0.4 is 5.32 Å². The zero-order valence-electron chi connectivity index (χ0n) is 13.6. The first-order valence-electron chi connectivity index (χ1n) is 6.83. The summed E-state index contributed by atoms with van der Waals surface area (Å²) in [6.45, 7) is 10.6. The fraction of sp³-hybridized carbons (Fsp3) is 0.733. The Morgan fingerprint density at radius 3 is 2.43 bits per heavy atom.